The fourth-order valence-corrected chi connectivity index (χ4v) is 2.34. The van der Waals surface area contributed by atoms with E-state index in [9.17, 15) is 9.90 Å². The smallest absolute Gasteiger partial charge is 0.302 e. The molecule has 0 aromatic heterocycles. The Morgan fingerprint density at radius 2 is 2.22 bits per heavy atom. The number of carbonyl (C=O) groups is 1. The van der Waals surface area contributed by atoms with Gasteiger partial charge in [-0.1, -0.05) is 35.4 Å². The molecule has 1 heterocycles. The molecule has 0 radical (unpaired) electrons. The van der Waals surface area contributed by atoms with Crippen LogP contribution < -0.4 is 0 Å². The zero-order chi connectivity index (χ0) is 16.7. The molecule has 0 aliphatic carbocycles. The second-order valence-corrected chi connectivity index (χ2v) is 5.20. The summed E-state index contributed by atoms with van der Waals surface area (Å²) < 4.78 is 16.0. The summed E-state index contributed by atoms with van der Waals surface area (Å²) in [5, 5.41) is 14.0. The van der Waals surface area contributed by atoms with Gasteiger partial charge in [0, 0.05) is 11.8 Å². The maximum absolute atomic E-state index is 10.9. The SMILES string of the molecule is CC(=O)OCC1OCC(N=[N+]=[N-])C(OCc2ccccc2)[C@@H]1O. The zero-order valence-electron chi connectivity index (χ0n) is 12.7. The van der Waals surface area contributed by atoms with Crippen LogP contribution in [0.15, 0.2) is 35.4 Å². The summed E-state index contributed by atoms with van der Waals surface area (Å²) >= 11 is 0. The molecule has 3 unspecified atom stereocenters. The van der Waals surface area contributed by atoms with Crippen LogP contribution in [-0.4, -0.2) is 48.6 Å². The van der Waals surface area contributed by atoms with E-state index in [1.807, 2.05) is 30.3 Å². The van der Waals surface area contributed by atoms with Crippen LogP contribution in [0, 0.1) is 0 Å². The minimum atomic E-state index is -1.07. The van der Waals surface area contributed by atoms with E-state index in [2.05, 4.69) is 10.0 Å². The van der Waals surface area contributed by atoms with Gasteiger partial charge in [0.15, 0.2) is 0 Å². The van der Waals surface area contributed by atoms with Gasteiger partial charge in [-0.3, -0.25) is 4.79 Å². The lowest BCUT2D eigenvalue weighted by Gasteiger charge is -2.38. The summed E-state index contributed by atoms with van der Waals surface area (Å²) in [7, 11) is 0. The molecule has 8 heteroatoms. The van der Waals surface area contributed by atoms with Crippen LogP contribution in [0.2, 0.25) is 0 Å². The highest BCUT2D eigenvalue weighted by molar-refractivity contribution is 5.65. The van der Waals surface area contributed by atoms with E-state index in [4.69, 9.17) is 19.7 Å². The van der Waals surface area contributed by atoms with E-state index in [1.165, 1.54) is 6.92 Å². The molecular formula is C15H19N3O5. The van der Waals surface area contributed by atoms with Crippen molar-refractivity contribution >= 4 is 5.97 Å². The van der Waals surface area contributed by atoms with Crippen molar-refractivity contribution in [3.8, 4) is 0 Å². The van der Waals surface area contributed by atoms with Gasteiger partial charge in [0.2, 0.25) is 0 Å². The molecule has 0 bridgehead atoms. The van der Waals surface area contributed by atoms with Gasteiger partial charge in [-0.15, -0.1) is 0 Å². The number of benzene rings is 1. The molecular weight excluding hydrogens is 302 g/mol. The molecule has 1 aliphatic rings. The fraction of sp³-hybridized carbons (Fsp3) is 0.533. The topological polar surface area (TPSA) is 114 Å². The van der Waals surface area contributed by atoms with Gasteiger partial charge in [0.1, 0.15) is 18.8 Å². The average molecular weight is 321 g/mol. The van der Waals surface area contributed by atoms with Crippen LogP contribution in [0.3, 0.4) is 0 Å². The van der Waals surface area contributed by atoms with Crippen LogP contribution in [-0.2, 0) is 25.6 Å². The van der Waals surface area contributed by atoms with Crippen molar-refractivity contribution in [2.45, 2.75) is 37.9 Å². The highest BCUT2D eigenvalue weighted by Crippen LogP contribution is 2.22. The largest absolute Gasteiger partial charge is 0.463 e. The molecule has 8 nitrogen and oxygen atoms in total. The third-order valence-corrected chi connectivity index (χ3v) is 3.51. The average Bonchev–Trinajstić information content (AvgIpc) is 2.54. The second kappa shape index (κ2) is 8.50. The van der Waals surface area contributed by atoms with E-state index in [0.29, 0.717) is 0 Å². The minimum Gasteiger partial charge on any atom is -0.463 e. The molecule has 1 saturated heterocycles. The van der Waals surface area contributed by atoms with Gasteiger partial charge >= 0.3 is 5.97 Å². The monoisotopic (exact) mass is 321 g/mol. The van der Waals surface area contributed by atoms with Crippen molar-refractivity contribution in [2.24, 2.45) is 5.11 Å². The Labute approximate surface area is 133 Å². The number of esters is 1. The molecule has 2 rings (SSSR count). The molecule has 0 spiro atoms. The Balaban J connectivity index is 2.02. The van der Waals surface area contributed by atoms with Gasteiger partial charge in [0.25, 0.3) is 0 Å². The van der Waals surface area contributed by atoms with Crippen LogP contribution in [0.5, 0.6) is 0 Å². The number of hydrogen-bond donors (Lipinski definition) is 1. The van der Waals surface area contributed by atoms with Crippen molar-refractivity contribution in [1.82, 2.24) is 0 Å². The predicted octanol–water partition coefficient (Wildman–Crippen LogP) is 1.57. The fourth-order valence-electron chi connectivity index (χ4n) is 2.34. The summed E-state index contributed by atoms with van der Waals surface area (Å²) in [4.78, 5) is 13.7. The molecule has 1 aromatic rings. The Morgan fingerprint density at radius 1 is 1.48 bits per heavy atom. The van der Waals surface area contributed by atoms with Crippen molar-refractivity contribution in [3.05, 3.63) is 46.3 Å². The first-order valence-electron chi connectivity index (χ1n) is 7.24. The molecule has 1 fully saturated rings. The van der Waals surface area contributed by atoms with E-state index < -0.39 is 30.3 Å². The van der Waals surface area contributed by atoms with Gasteiger partial charge < -0.3 is 19.3 Å². The Kier molecular flexibility index (Phi) is 6.37. The standard InChI is InChI=1S/C15H19N3O5/c1-10(19)21-9-13-14(20)15(12(8-22-13)17-18-16)23-7-11-5-3-2-4-6-11/h2-6,12-15,20H,7-9H2,1H3/t12?,13?,14-,15?/m1/s1. The van der Waals surface area contributed by atoms with Crippen molar-refractivity contribution in [2.75, 3.05) is 13.2 Å². The first-order chi connectivity index (χ1) is 11.1. The quantitative estimate of drug-likeness (QED) is 0.370. The number of ether oxygens (including phenoxy) is 3. The molecule has 1 aromatic carbocycles. The summed E-state index contributed by atoms with van der Waals surface area (Å²) in [6.45, 7) is 1.55. The number of carbonyl (C=O) groups excluding carboxylic acids is 1. The number of aliphatic hydroxyl groups is 1. The lowest BCUT2D eigenvalue weighted by atomic mass is 9.98. The van der Waals surface area contributed by atoms with Gasteiger partial charge in [-0.2, -0.15) is 0 Å². The second-order valence-electron chi connectivity index (χ2n) is 5.20. The summed E-state index contributed by atoms with van der Waals surface area (Å²) in [5.41, 5.74) is 9.58. The molecule has 0 saturated carbocycles. The molecule has 0 amide bonds. The molecule has 23 heavy (non-hydrogen) atoms. The summed E-state index contributed by atoms with van der Waals surface area (Å²) in [6.07, 6.45) is -2.52. The number of nitrogens with zero attached hydrogens (tertiary/aromatic N) is 3. The third-order valence-electron chi connectivity index (χ3n) is 3.51. The predicted molar refractivity (Wildman–Crippen MR) is 80.3 cm³/mol. The zero-order valence-corrected chi connectivity index (χ0v) is 12.7. The maximum atomic E-state index is 10.9. The summed E-state index contributed by atoms with van der Waals surface area (Å²) in [5.74, 6) is -0.459. The van der Waals surface area contributed by atoms with E-state index >= 15 is 0 Å². The number of aliphatic hydroxyl groups excluding tert-OH is 1. The van der Waals surface area contributed by atoms with Crippen molar-refractivity contribution in [1.29, 1.82) is 0 Å². The molecule has 1 aliphatic heterocycles. The third kappa shape index (κ3) is 4.94. The van der Waals surface area contributed by atoms with Crippen LogP contribution >= 0.6 is 0 Å². The van der Waals surface area contributed by atoms with Gasteiger partial charge in [-0.25, -0.2) is 0 Å². The molecule has 1 N–H and O–H groups in total. The number of azide groups is 1. The van der Waals surface area contributed by atoms with E-state index in [0.717, 1.165) is 5.56 Å². The van der Waals surface area contributed by atoms with Crippen LogP contribution in [0.1, 0.15) is 12.5 Å². The maximum Gasteiger partial charge on any atom is 0.302 e. The minimum absolute atomic E-state index is 0.0787. The van der Waals surface area contributed by atoms with Crippen molar-refractivity contribution in [3.63, 3.8) is 0 Å². The van der Waals surface area contributed by atoms with E-state index in [-0.39, 0.29) is 19.8 Å². The van der Waals surface area contributed by atoms with Crippen LogP contribution in [0.4, 0.5) is 0 Å². The first kappa shape index (κ1) is 17.2. The highest BCUT2D eigenvalue weighted by atomic mass is 16.6. The number of hydrogen-bond acceptors (Lipinski definition) is 6. The molecule has 4 atom stereocenters. The van der Waals surface area contributed by atoms with E-state index in [1.54, 1.807) is 0 Å². The molecule has 124 valence electrons. The Bertz CT molecular complexity index is 561. The Hall–Kier alpha value is -2.12. The van der Waals surface area contributed by atoms with Crippen LogP contribution in [0.25, 0.3) is 10.4 Å². The lowest BCUT2D eigenvalue weighted by molar-refractivity contribution is -0.185. The van der Waals surface area contributed by atoms with Gasteiger partial charge in [-0.05, 0) is 11.1 Å². The Morgan fingerprint density at radius 3 is 2.87 bits per heavy atom. The van der Waals surface area contributed by atoms with Gasteiger partial charge in [0.05, 0.1) is 25.4 Å². The lowest BCUT2D eigenvalue weighted by Crippen LogP contribution is -2.54. The normalized spacial score (nSPS) is 27.0. The van der Waals surface area contributed by atoms with Crippen molar-refractivity contribution < 1.29 is 24.1 Å². The first-order valence-corrected chi connectivity index (χ1v) is 7.24. The number of rotatable bonds is 6. The highest BCUT2D eigenvalue weighted by Gasteiger charge is 2.40. The summed E-state index contributed by atoms with van der Waals surface area (Å²) in [6, 6.07) is 8.80.